The molecule has 0 aliphatic rings. The average molecular weight is 279 g/mol. The number of carbonyl (C=O) groups is 1. The van der Waals surface area contributed by atoms with Gasteiger partial charge in [-0.25, -0.2) is 0 Å². The topological polar surface area (TPSA) is 69.6 Å². The Morgan fingerprint density at radius 1 is 1.25 bits per heavy atom. The lowest BCUT2D eigenvalue weighted by atomic mass is 9.90. The molecule has 3 N–H and O–H groups in total. The highest BCUT2D eigenvalue weighted by Gasteiger charge is 2.23. The standard InChI is InChI=1S/C16H25NO3/c1-5-17-13(6-7-14(18)19)16(20)15-11(3)8-10(2)9-12(15)4/h8-9,13,16-17,20H,5-7H2,1-4H3,(H,18,19). The quantitative estimate of drug-likeness (QED) is 0.717. The SMILES string of the molecule is CCNC(CCC(=O)O)C(O)c1c(C)cc(C)cc1C. The van der Waals surface area contributed by atoms with Gasteiger partial charge in [-0.2, -0.15) is 0 Å². The molecule has 0 spiro atoms. The normalized spacial score (nSPS) is 14.1. The van der Waals surface area contributed by atoms with E-state index >= 15 is 0 Å². The molecule has 0 aliphatic carbocycles. The van der Waals surface area contributed by atoms with Crippen molar-refractivity contribution in [1.82, 2.24) is 5.32 Å². The second-order valence-electron chi connectivity index (χ2n) is 5.35. The number of aliphatic hydroxyl groups excluding tert-OH is 1. The molecule has 112 valence electrons. The van der Waals surface area contributed by atoms with Gasteiger partial charge in [0, 0.05) is 12.5 Å². The number of likely N-dealkylation sites (N-methyl/N-ethyl adjacent to an activating group) is 1. The molecule has 2 unspecified atom stereocenters. The summed E-state index contributed by atoms with van der Waals surface area (Å²) in [4.78, 5) is 10.7. The molecule has 20 heavy (non-hydrogen) atoms. The highest BCUT2D eigenvalue weighted by atomic mass is 16.4. The van der Waals surface area contributed by atoms with Gasteiger partial charge in [0.2, 0.25) is 0 Å². The molecule has 4 nitrogen and oxygen atoms in total. The van der Waals surface area contributed by atoms with Crippen molar-refractivity contribution in [3.05, 3.63) is 34.4 Å². The third-order valence-corrected chi connectivity index (χ3v) is 3.55. The van der Waals surface area contributed by atoms with Gasteiger partial charge in [0.05, 0.1) is 6.10 Å². The minimum absolute atomic E-state index is 0.0542. The van der Waals surface area contributed by atoms with Crippen LogP contribution in [0.2, 0.25) is 0 Å². The number of carboxylic acid groups (broad SMARTS) is 1. The lowest BCUT2D eigenvalue weighted by Crippen LogP contribution is -2.36. The van der Waals surface area contributed by atoms with Crippen LogP contribution in [0.1, 0.15) is 48.1 Å². The molecule has 0 aliphatic heterocycles. The van der Waals surface area contributed by atoms with Gasteiger partial charge in [0.1, 0.15) is 0 Å². The van der Waals surface area contributed by atoms with Crippen LogP contribution in [0.15, 0.2) is 12.1 Å². The first-order valence-electron chi connectivity index (χ1n) is 7.07. The summed E-state index contributed by atoms with van der Waals surface area (Å²) in [5.41, 5.74) is 4.18. The van der Waals surface area contributed by atoms with Crippen LogP contribution in [-0.4, -0.2) is 28.8 Å². The number of benzene rings is 1. The van der Waals surface area contributed by atoms with Gasteiger partial charge in [-0.15, -0.1) is 0 Å². The van der Waals surface area contributed by atoms with Gasteiger partial charge in [-0.1, -0.05) is 24.6 Å². The summed E-state index contributed by atoms with van der Waals surface area (Å²) in [5, 5.41) is 22.6. The molecule has 0 saturated heterocycles. The van der Waals surface area contributed by atoms with Crippen LogP contribution in [0.4, 0.5) is 0 Å². The van der Waals surface area contributed by atoms with Crippen LogP contribution in [-0.2, 0) is 4.79 Å². The zero-order valence-electron chi connectivity index (χ0n) is 12.7. The number of rotatable bonds is 7. The van der Waals surface area contributed by atoms with Crippen molar-refractivity contribution in [2.45, 2.75) is 52.7 Å². The summed E-state index contributed by atoms with van der Waals surface area (Å²) in [6.45, 7) is 8.65. The van der Waals surface area contributed by atoms with Crippen molar-refractivity contribution in [2.75, 3.05) is 6.54 Å². The molecule has 4 heteroatoms. The van der Waals surface area contributed by atoms with E-state index in [1.165, 1.54) is 5.56 Å². The molecule has 0 bridgehead atoms. The Bertz CT molecular complexity index is 448. The zero-order chi connectivity index (χ0) is 15.3. The summed E-state index contributed by atoms with van der Waals surface area (Å²) in [5.74, 6) is -0.836. The lowest BCUT2D eigenvalue weighted by molar-refractivity contribution is -0.137. The smallest absolute Gasteiger partial charge is 0.303 e. The van der Waals surface area contributed by atoms with Crippen molar-refractivity contribution in [1.29, 1.82) is 0 Å². The summed E-state index contributed by atoms with van der Waals surface area (Å²) < 4.78 is 0. The molecule has 0 fully saturated rings. The highest BCUT2D eigenvalue weighted by Crippen LogP contribution is 2.27. The Kier molecular flexibility index (Phi) is 6.17. The number of nitrogens with one attached hydrogen (secondary N) is 1. The van der Waals surface area contributed by atoms with E-state index in [0.29, 0.717) is 13.0 Å². The molecule has 1 aromatic carbocycles. The molecule has 1 rings (SSSR count). The second kappa shape index (κ2) is 7.41. The first kappa shape index (κ1) is 16.7. The molecular weight excluding hydrogens is 254 g/mol. The predicted octanol–water partition coefficient (Wildman–Crippen LogP) is 2.49. The molecule has 0 radical (unpaired) electrons. The largest absolute Gasteiger partial charge is 0.481 e. The van der Waals surface area contributed by atoms with Crippen LogP contribution < -0.4 is 5.32 Å². The van der Waals surface area contributed by atoms with Gasteiger partial charge in [-0.05, 0) is 50.4 Å². The average Bonchev–Trinajstić information content (AvgIpc) is 2.32. The molecule has 1 aromatic rings. The Morgan fingerprint density at radius 3 is 2.25 bits per heavy atom. The van der Waals surface area contributed by atoms with Crippen LogP contribution in [0.25, 0.3) is 0 Å². The van der Waals surface area contributed by atoms with E-state index in [9.17, 15) is 9.90 Å². The predicted molar refractivity (Wildman–Crippen MR) is 79.9 cm³/mol. The van der Waals surface area contributed by atoms with Crippen molar-refractivity contribution in [3.8, 4) is 0 Å². The number of aliphatic hydroxyl groups is 1. The third-order valence-electron chi connectivity index (χ3n) is 3.55. The lowest BCUT2D eigenvalue weighted by Gasteiger charge is -2.26. The van der Waals surface area contributed by atoms with Crippen LogP contribution in [0.3, 0.4) is 0 Å². The van der Waals surface area contributed by atoms with E-state index in [0.717, 1.165) is 16.7 Å². The van der Waals surface area contributed by atoms with Crippen molar-refractivity contribution in [3.63, 3.8) is 0 Å². The Hall–Kier alpha value is -1.39. The monoisotopic (exact) mass is 279 g/mol. The van der Waals surface area contributed by atoms with E-state index in [1.807, 2.05) is 39.8 Å². The second-order valence-corrected chi connectivity index (χ2v) is 5.35. The fourth-order valence-electron chi connectivity index (χ4n) is 2.77. The Balaban J connectivity index is 2.99. The minimum Gasteiger partial charge on any atom is -0.481 e. The summed E-state index contributed by atoms with van der Waals surface area (Å²) >= 11 is 0. The van der Waals surface area contributed by atoms with Crippen molar-refractivity contribution >= 4 is 5.97 Å². The maximum Gasteiger partial charge on any atom is 0.303 e. The van der Waals surface area contributed by atoms with Gasteiger partial charge < -0.3 is 15.5 Å². The molecule has 0 amide bonds. The number of hydrogen-bond acceptors (Lipinski definition) is 3. The number of hydrogen-bond donors (Lipinski definition) is 3. The fraction of sp³-hybridized carbons (Fsp3) is 0.562. The van der Waals surface area contributed by atoms with Crippen LogP contribution >= 0.6 is 0 Å². The first-order chi connectivity index (χ1) is 9.36. The van der Waals surface area contributed by atoms with Crippen LogP contribution in [0.5, 0.6) is 0 Å². The molecule has 0 saturated carbocycles. The fourth-order valence-corrected chi connectivity index (χ4v) is 2.77. The minimum atomic E-state index is -0.836. The van der Waals surface area contributed by atoms with Gasteiger partial charge in [-0.3, -0.25) is 4.79 Å². The zero-order valence-corrected chi connectivity index (χ0v) is 12.7. The third kappa shape index (κ3) is 4.32. The Labute approximate surface area is 120 Å². The first-order valence-corrected chi connectivity index (χ1v) is 7.07. The molecule has 0 heterocycles. The highest BCUT2D eigenvalue weighted by molar-refractivity contribution is 5.66. The van der Waals surface area contributed by atoms with Crippen molar-refractivity contribution in [2.24, 2.45) is 0 Å². The van der Waals surface area contributed by atoms with E-state index in [1.54, 1.807) is 0 Å². The Morgan fingerprint density at radius 2 is 1.80 bits per heavy atom. The van der Waals surface area contributed by atoms with Gasteiger partial charge in [0.15, 0.2) is 0 Å². The molecule has 0 aromatic heterocycles. The number of aliphatic carboxylic acids is 1. The molecular formula is C16H25NO3. The summed E-state index contributed by atoms with van der Waals surface area (Å²) in [6.07, 6.45) is -0.217. The maximum atomic E-state index is 10.7. The maximum absolute atomic E-state index is 10.7. The summed E-state index contributed by atoms with van der Waals surface area (Å²) in [7, 11) is 0. The van der Waals surface area contributed by atoms with Gasteiger partial charge in [0.25, 0.3) is 0 Å². The van der Waals surface area contributed by atoms with E-state index < -0.39 is 12.1 Å². The van der Waals surface area contributed by atoms with E-state index in [-0.39, 0.29) is 12.5 Å². The molecule has 2 atom stereocenters. The summed E-state index contributed by atoms with van der Waals surface area (Å²) in [6, 6.07) is 3.86. The number of carboxylic acids is 1. The van der Waals surface area contributed by atoms with E-state index in [2.05, 4.69) is 5.32 Å². The van der Waals surface area contributed by atoms with Crippen molar-refractivity contribution < 1.29 is 15.0 Å². The number of aryl methyl sites for hydroxylation is 3. The van der Waals surface area contributed by atoms with Gasteiger partial charge >= 0.3 is 5.97 Å². The van der Waals surface area contributed by atoms with Crippen LogP contribution in [0, 0.1) is 20.8 Å². The van der Waals surface area contributed by atoms with E-state index in [4.69, 9.17) is 5.11 Å².